The zero-order chi connectivity index (χ0) is 15.3. The Hall–Kier alpha value is -1.81. The van der Waals surface area contributed by atoms with Crippen molar-refractivity contribution in [2.75, 3.05) is 18.8 Å². The zero-order valence-electron chi connectivity index (χ0n) is 12.8. The maximum Gasteiger partial charge on any atom is 0.331 e. The molecule has 2 rings (SSSR count). The first-order valence-corrected chi connectivity index (χ1v) is 7.55. The van der Waals surface area contributed by atoms with Crippen molar-refractivity contribution in [3.63, 3.8) is 0 Å². The molecule has 4 nitrogen and oxygen atoms in total. The molecule has 1 saturated heterocycles. The van der Waals surface area contributed by atoms with Gasteiger partial charge in [-0.1, -0.05) is 12.1 Å². The second-order valence-electron chi connectivity index (χ2n) is 6.16. The van der Waals surface area contributed by atoms with Crippen LogP contribution < -0.4 is 11.1 Å². The number of carbonyl (C=O) groups is 1. The van der Waals surface area contributed by atoms with Crippen LogP contribution in [-0.4, -0.2) is 24.7 Å². The van der Waals surface area contributed by atoms with Crippen molar-refractivity contribution in [1.29, 1.82) is 0 Å². The van der Waals surface area contributed by atoms with Crippen molar-refractivity contribution in [1.82, 2.24) is 0 Å². The van der Waals surface area contributed by atoms with Crippen molar-refractivity contribution in [3.05, 3.63) is 35.9 Å². The molecule has 1 heterocycles. The predicted octanol–water partition coefficient (Wildman–Crippen LogP) is 1.58. The molecule has 0 amide bonds. The molecule has 0 bridgehead atoms. The highest BCUT2D eigenvalue weighted by Gasteiger charge is 2.34. The van der Waals surface area contributed by atoms with Gasteiger partial charge in [-0.2, -0.15) is 0 Å². The molecule has 21 heavy (non-hydrogen) atoms. The monoisotopic (exact) mass is 289 g/mol. The molecule has 0 aromatic heterocycles. The van der Waals surface area contributed by atoms with Crippen LogP contribution in [-0.2, 0) is 9.53 Å². The van der Waals surface area contributed by atoms with E-state index in [-0.39, 0.29) is 5.97 Å². The second kappa shape index (κ2) is 6.76. The molecule has 0 atom stereocenters. The van der Waals surface area contributed by atoms with Crippen molar-refractivity contribution >= 4 is 17.7 Å². The predicted molar refractivity (Wildman–Crippen MR) is 84.4 cm³/mol. The Bertz CT molecular complexity index is 500. The van der Waals surface area contributed by atoms with E-state index in [1.165, 1.54) is 6.08 Å². The second-order valence-corrected chi connectivity index (χ2v) is 6.16. The zero-order valence-corrected chi connectivity index (χ0v) is 12.8. The number of carbonyl (C=O) groups excluding carboxylic acids is 1. The summed E-state index contributed by atoms with van der Waals surface area (Å²) in [5, 5.41) is 2.31. The van der Waals surface area contributed by atoms with E-state index in [2.05, 4.69) is 5.32 Å². The maximum absolute atomic E-state index is 12.0. The lowest BCUT2D eigenvalue weighted by molar-refractivity contribution is -0.665. The third-order valence-electron chi connectivity index (χ3n) is 4.13. The van der Waals surface area contributed by atoms with Crippen LogP contribution in [0.25, 0.3) is 6.08 Å². The number of quaternary nitrogens is 1. The molecule has 1 aliphatic rings. The minimum absolute atomic E-state index is 0.286. The summed E-state index contributed by atoms with van der Waals surface area (Å²) in [5.74, 6) is 0.155. The van der Waals surface area contributed by atoms with Gasteiger partial charge in [0, 0.05) is 30.5 Å². The Labute approximate surface area is 126 Å². The molecule has 1 aliphatic heterocycles. The molecule has 4 heteroatoms. The first kappa shape index (κ1) is 15.6. The van der Waals surface area contributed by atoms with Crippen LogP contribution in [0.4, 0.5) is 5.69 Å². The first-order chi connectivity index (χ1) is 9.97. The third-order valence-corrected chi connectivity index (χ3v) is 4.13. The molecular formula is C17H25N2O2+. The van der Waals surface area contributed by atoms with E-state index < -0.39 is 5.60 Å². The highest BCUT2D eigenvalue weighted by molar-refractivity contribution is 5.87. The summed E-state index contributed by atoms with van der Waals surface area (Å²) in [6.07, 6.45) is 5.44. The minimum Gasteiger partial charge on any atom is -0.456 e. The summed E-state index contributed by atoms with van der Waals surface area (Å²) in [5.41, 5.74) is 6.87. The molecule has 1 aromatic rings. The summed E-state index contributed by atoms with van der Waals surface area (Å²) in [6.45, 7) is 6.26. The quantitative estimate of drug-likeness (QED) is 0.502. The molecule has 1 aromatic carbocycles. The molecule has 0 radical (unpaired) electrons. The molecule has 0 aliphatic carbocycles. The Balaban J connectivity index is 1.92. The van der Waals surface area contributed by atoms with Crippen LogP contribution in [0.5, 0.6) is 0 Å². The lowest BCUT2D eigenvalue weighted by atomic mass is 9.83. The molecular weight excluding hydrogens is 264 g/mol. The van der Waals surface area contributed by atoms with E-state index in [1.807, 2.05) is 38.1 Å². The number of nitrogens with two attached hydrogens (primary N) is 2. The van der Waals surface area contributed by atoms with Gasteiger partial charge in [0.25, 0.3) is 0 Å². The minimum atomic E-state index is -0.406. The van der Waals surface area contributed by atoms with Gasteiger partial charge in [0.15, 0.2) is 0 Å². The van der Waals surface area contributed by atoms with Gasteiger partial charge in [0.05, 0.1) is 13.1 Å². The normalized spacial score (nSPS) is 17.0. The summed E-state index contributed by atoms with van der Waals surface area (Å²) in [4.78, 5) is 12.0. The van der Waals surface area contributed by atoms with E-state index in [1.54, 1.807) is 6.08 Å². The molecule has 0 saturated carbocycles. The Morgan fingerprint density at radius 2 is 1.90 bits per heavy atom. The molecule has 114 valence electrons. The van der Waals surface area contributed by atoms with Crippen LogP contribution in [0.3, 0.4) is 0 Å². The van der Waals surface area contributed by atoms with E-state index in [4.69, 9.17) is 10.5 Å². The maximum atomic E-state index is 12.0. The lowest BCUT2D eigenvalue weighted by Gasteiger charge is -2.35. The fourth-order valence-corrected chi connectivity index (χ4v) is 2.77. The summed E-state index contributed by atoms with van der Waals surface area (Å²) in [6, 6.07) is 7.38. The van der Waals surface area contributed by atoms with E-state index >= 15 is 0 Å². The van der Waals surface area contributed by atoms with Crippen molar-refractivity contribution < 1.29 is 14.8 Å². The summed E-state index contributed by atoms with van der Waals surface area (Å²) < 4.78 is 5.66. The number of hydrogen-bond acceptors (Lipinski definition) is 3. The van der Waals surface area contributed by atoms with Crippen LogP contribution in [0.1, 0.15) is 32.3 Å². The number of piperidine rings is 1. The summed E-state index contributed by atoms with van der Waals surface area (Å²) >= 11 is 0. The number of esters is 1. The smallest absolute Gasteiger partial charge is 0.331 e. The van der Waals surface area contributed by atoms with Gasteiger partial charge in [-0.05, 0) is 37.6 Å². The molecule has 4 N–H and O–H groups in total. The Morgan fingerprint density at radius 3 is 2.52 bits per heavy atom. The first-order valence-electron chi connectivity index (χ1n) is 7.55. The average molecular weight is 289 g/mol. The van der Waals surface area contributed by atoms with Crippen LogP contribution in [0.2, 0.25) is 0 Å². The molecule has 0 spiro atoms. The molecule has 1 fully saturated rings. The Kier molecular flexibility index (Phi) is 5.02. The van der Waals surface area contributed by atoms with Gasteiger partial charge in [0.2, 0.25) is 0 Å². The lowest BCUT2D eigenvalue weighted by Crippen LogP contribution is -2.86. The van der Waals surface area contributed by atoms with Gasteiger partial charge >= 0.3 is 5.97 Å². The number of benzene rings is 1. The van der Waals surface area contributed by atoms with Crippen LogP contribution >= 0.6 is 0 Å². The number of rotatable bonds is 4. The van der Waals surface area contributed by atoms with Crippen molar-refractivity contribution in [2.24, 2.45) is 5.92 Å². The summed E-state index contributed by atoms with van der Waals surface area (Å²) in [7, 11) is 0. The number of hydrogen-bond donors (Lipinski definition) is 2. The highest BCUT2D eigenvalue weighted by atomic mass is 16.6. The highest BCUT2D eigenvalue weighted by Crippen LogP contribution is 2.28. The van der Waals surface area contributed by atoms with E-state index in [0.717, 1.165) is 31.5 Å². The number of ether oxygens (including phenoxy) is 1. The van der Waals surface area contributed by atoms with E-state index in [0.29, 0.717) is 11.6 Å². The van der Waals surface area contributed by atoms with Gasteiger partial charge in [-0.3, -0.25) is 0 Å². The van der Waals surface area contributed by atoms with Gasteiger partial charge in [0.1, 0.15) is 5.60 Å². The van der Waals surface area contributed by atoms with Gasteiger partial charge in [-0.25, -0.2) is 4.79 Å². The SMILES string of the molecule is CC(C)(OC(=O)/C=C/c1ccc(N)cc1)C1CC[NH2+]CC1. The number of anilines is 1. The standard InChI is InChI=1S/C17H24N2O2/c1-17(2,14-9-11-19-12-10-14)21-16(20)8-5-13-3-6-15(18)7-4-13/h3-8,14,19H,9-12,18H2,1-2H3/p+1/b8-5+. The average Bonchev–Trinajstić information content (AvgIpc) is 2.47. The fraction of sp³-hybridized carbons (Fsp3) is 0.471. The molecule has 0 unspecified atom stereocenters. The van der Waals surface area contributed by atoms with Crippen molar-refractivity contribution in [2.45, 2.75) is 32.3 Å². The topological polar surface area (TPSA) is 68.9 Å². The van der Waals surface area contributed by atoms with Crippen molar-refractivity contribution in [3.8, 4) is 0 Å². The largest absolute Gasteiger partial charge is 0.456 e. The number of nitrogen functional groups attached to an aromatic ring is 1. The Morgan fingerprint density at radius 1 is 1.29 bits per heavy atom. The fourth-order valence-electron chi connectivity index (χ4n) is 2.77. The van der Waals surface area contributed by atoms with Crippen LogP contribution in [0.15, 0.2) is 30.3 Å². The van der Waals surface area contributed by atoms with Gasteiger partial charge < -0.3 is 15.8 Å². The van der Waals surface area contributed by atoms with Crippen LogP contribution in [0, 0.1) is 5.92 Å². The van der Waals surface area contributed by atoms with E-state index in [9.17, 15) is 4.79 Å². The van der Waals surface area contributed by atoms with Gasteiger partial charge in [-0.15, -0.1) is 0 Å². The third kappa shape index (κ3) is 4.60.